The summed E-state index contributed by atoms with van der Waals surface area (Å²) in [5.74, 6) is 1.42. The lowest BCUT2D eigenvalue weighted by molar-refractivity contribution is -0.115. The molecule has 3 heteroatoms. The zero-order valence-corrected chi connectivity index (χ0v) is 11.9. The van der Waals surface area contributed by atoms with Gasteiger partial charge in [-0.3, -0.25) is 4.79 Å². The Morgan fingerprint density at radius 1 is 1.32 bits per heavy atom. The number of anilines is 1. The third-order valence-electron chi connectivity index (χ3n) is 3.79. The van der Waals surface area contributed by atoms with Gasteiger partial charge in [0.05, 0.1) is 6.54 Å². The molecule has 2 N–H and O–H groups in total. The van der Waals surface area contributed by atoms with Crippen LogP contribution in [0.25, 0.3) is 0 Å². The molecule has 2 rings (SSSR count). The van der Waals surface area contributed by atoms with Gasteiger partial charge in [0, 0.05) is 5.69 Å². The maximum atomic E-state index is 11.7. The zero-order valence-electron chi connectivity index (χ0n) is 11.9. The Labute approximate surface area is 115 Å². The van der Waals surface area contributed by atoms with E-state index in [0.717, 1.165) is 24.6 Å². The average Bonchev–Trinajstić information content (AvgIpc) is 3.23. The van der Waals surface area contributed by atoms with Crippen LogP contribution in [-0.2, 0) is 4.79 Å². The van der Waals surface area contributed by atoms with Crippen molar-refractivity contribution in [2.75, 3.05) is 18.4 Å². The number of rotatable bonds is 7. The Morgan fingerprint density at radius 2 is 2.00 bits per heavy atom. The van der Waals surface area contributed by atoms with Crippen molar-refractivity contribution in [3.05, 3.63) is 29.8 Å². The monoisotopic (exact) mass is 260 g/mol. The molecule has 0 spiro atoms. The summed E-state index contributed by atoms with van der Waals surface area (Å²) in [7, 11) is 0. The standard InChI is InChI=1S/C16H24N2O/c1-3-12(2)14-6-8-15(9-7-14)18-16(19)11-17-10-13-4-5-13/h6-9,12-13,17H,3-5,10-11H2,1-2H3,(H,18,19). The highest BCUT2D eigenvalue weighted by molar-refractivity contribution is 5.92. The van der Waals surface area contributed by atoms with E-state index >= 15 is 0 Å². The summed E-state index contributed by atoms with van der Waals surface area (Å²) < 4.78 is 0. The van der Waals surface area contributed by atoms with Crippen LogP contribution < -0.4 is 10.6 Å². The van der Waals surface area contributed by atoms with Gasteiger partial charge in [0.25, 0.3) is 0 Å². The quantitative estimate of drug-likeness (QED) is 0.790. The highest BCUT2D eigenvalue weighted by Crippen LogP contribution is 2.27. The van der Waals surface area contributed by atoms with Crippen molar-refractivity contribution in [1.29, 1.82) is 0 Å². The van der Waals surface area contributed by atoms with Gasteiger partial charge in [0.2, 0.25) is 5.91 Å². The lowest BCUT2D eigenvalue weighted by atomic mass is 9.99. The Kier molecular flexibility index (Phi) is 4.97. The van der Waals surface area contributed by atoms with Crippen molar-refractivity contribution in [3.63, 3.8) is 0 Å². The van der Waals surface area contributed by atoms with Gasteiger partial charge in [-0.25, -0.2) is 0 Å². The Morgan fingerprint density at radius 3 is 2.58 bits per heavy atom. The predicted molar refractivity (Wildman–Crippen MR) is 79.4 cm³/mol. The van der Waals surface area contributed by atoms with Gasteiger partial charge in [0.1, 0.15) is 0 Å². The Balaban J connectivity index is 1.76. The van der Waals surface area contributed by atoms with E-state index in [4.69, 9.17) is 0 Å². The van der Waals surface area contributed by atoms with Gasteiger partial charge in [-0.2, -0.15) is 0 Å². The van der Waals surface area contributed by atoms with E-state index in [0.29, 0.717) is 12.5 Å². The zero-order chi connectivity index (χ0) is 13.7. The summed E-state index contributed by atoms with van der Waals surface area (Å²) in [5, 5.41) is 6.11. The molecule has 0 bridgehead atoms. The van der Waals surface area contributed by atoms with Gasteiger partial charge < -0.3 is 10.6 Å². The second-order valence-electron chi connectivity index (χ2n) is 5.55. The minimum absolute atomic E-state index is 0.0388. The molecule has 104 valence electrons. The van der Waals surface area contributed by atoms with E-state index in [1.54, 1.807) is 0 Å². The van der Waals surface area contributed by atoms with Gasteiger partial charge >= 0.3 is 0 Å². The molecule has 1 atom stereocenters. The molecule has 3 nitrogen and oxygen atoms in total. The molecule has 1 fully saturated rings. The van der Waals surface area contributed by atoms with Crippen molar-refractivity contribution in [1.82, 2.24) is 5.32 Å². The highest BCUT2D eigenvalue weighted by Gasteiger charge is 2.20. The fourth-order valence-electron chi connectivity index (χ4n) is 2.05. The second-order valence-corrected chi connectivity index (χ2v) is 5.55. The molecular weight excluding hydrogens is 236 g/mol. The maximum Gasteiger partial charge on any atom is 0.238 e. The normalized spacial score (nSPS) is 16.1. The Bertz CT molecular complexity index is 409. The largest absolute Gasteiger partial charge is 0.325 e. The first-order valence-electron chi connectivity index (χ1n) is 7.29. The molecule has 0 aliphatic heterocycles. The van der Waals surface area contributed by atoms with E-state index in [2.05, 4.69) is 36.6 Å². The van der Waals surface area contributed by atoms with Crippen LogP contribution in [0.2, 0.25) is 0 Å². The molecule has 1 aliphatic rings. The van der Waals surface area contributed by atoms with Crippen molar-refractivity contribution in [2.24, 2.45) is 5.92 Å². The first-order valence-corrected chi connectivity index (χ1v) is 7.29. The van der Waals surface area contributed by atoms with E-state index < -0.39 is 0 Å². The SMILES string of the molecule is CCC(C)c1ccc(NC(=O)CNCC2CC2)cc1. The van der Waals surface area contributed by atoms with Crippen LogP contribution in [0.4, 0.5) is 5.69 Å². The molecule has 1 aliphatic carbocycles. The van der Waals surface area contributed by atoms with Crippen LogP contribution in [0.15, 0.2) is 24.3 Å². The molecule has 1 saturated carbocycles. The van der Waals surface area contributed by atoms with Crippen LogP contribution in [0.5, 0.6) is 0 Å². The summed E-state index contributed by atoms with van der Waals surface area (Å²) in [4.78, 5) is 11.7. The van der Waals surface area contributed by atoms with E-state index in [1.807, 2.05) is 12.1 Å². The van der Waals surface area contributed by atoms with Crippen LogP contribution in [0.3, 0.4) is 0 Å². The number of carbonyl (C=O) groups is 1. The summed E-state index contributed by atoms with van der Waals surface area (Å²) >= 11 is 0. The third-order valence-corrected chi connectivity index (χ3v) is 3.79. The number of nitrogens with one attached hydrogen (secondary N) is 2. The summed E-state index contributed by atoms with van der Waals surface area (Å²) in [6.07, 6.45) is 3.76. The third kappa shape index (κ3) is 4.67. The van der Waals surface area contributed by atoms with Crippen LogP contribution in [-0.4, -0.2) is 19.0 Å². The lowest BCUT2D eigenvalue weighted by Crippen LogP contribution is -2.29. The van der Waals surface area contributed by atoms with Crippen molar-refractivity contribution in [3.8, 4) is 0 Å². The highest BCUT2D eigenvalue weighted by atomic mass is 16.1. The fourth-order valence-corrected chi connectivity index (χ4v) is 2.05. The average molecular weight is 260 g/mol. The molecule has 1 aromatic carbocycles. The summed E-state index contributed by atoms with van der Waals surface area (Å²) in [6.45, 7) is 5.78. The van der Waals surface area contributed by atoms with Gasteiger partial charge in [-0.15, -0.1) is 0 Å². The van der Waals surface area contributed by atoms with Crippen LogP contribution >= 0.6 is 0 Å². The summed E-state index contributed by atoms with van der Waals surface area (Å²) in [5.41, 5.74) is 2.21. The molecule has 1 unspecified atom stereocenters. The van der Waals surface area contributed by atoms with Gasteiger partial charge in [0.15, 0.2) is 0 Å². The molecular formula is C16H24N2O. The van der Waals surface area contributed by atoms with Crippen molar-refractivity contribution < 1.29 is 4.79 Å². The molecule has 19 heavy (non-hydrogen) atoms. The number of carbonyl (C=O) groups excluding carboxylic acids is 1. The molecule has 0 heterocycles. The molecule has 0 aromatic heterocycles. The van der Waals surface area contributed by atoms with Gasteiger partial charge in [-0.1, -0.05) is 26.0 Å². The van der Waals surface area contributed by atoms with Crippen LogP contribution in [0.1, 0.15) is 44.6 Å². The molecule has 1 aromatic rings. The van der Waals surface area contributed by atoms with Crippen molar-refractivity contribution in [2.45, 2.75) is 39.0 Å². The minimum atomic E-state index is 0.0388. The minimum Gasteiger partial charge on any atom is -0.325 e. The van der Waals surface area contributed by atoms with Crippen molar-refractivity contribution >= 4 is 11.6 Å². The first-order chi connectivity index (χ1) is 9.19. The van der Waals surface area contributed by atoms with Crippen LogP contribution in [0, 0.1) is 5.92 Å². The number of benzene rings is 1. The number of amides is 1. The lowest BCUT2D eigenvalue weighted by Gasteiger charge is -2.10. The molecule has 0 saturated heterocycles. The first kappa shape index (κ1) is 14.1. The van der Waals surface area contributed by atoms with E-state index in [1.165, 1.54) is 18.4 Å². The predicted octanol–water partition coefficient (Wildman–Crippen LogP) is 3.14. The van der Waals surface area contributed by atoms with Gasteiger partial charge in [-0.05, 0) is 55.3 Å². The number of hydrogen-bond donors (Lipinski definition) is 2. The fraction of sp³-hybridized carbons (Fsp3) is 0.562. The smallest absolute Gasteiger partial charge is 0.238 e. The van der Waals surface area contributed by atoms with E-state index in [-0.39, 0.29) is 5.91 Å². The maximum absolute atomic E-state index is 11.7. The summed E-state index contributed by atoms with van der Waals surface area (Å²) in [6, 6.07) is 8.17. The molecule has 0 radical (unpaired) electrons. The van der Waals surface area contributed by atoms with E-state index in [9.17, 15) is 4.79 Å². The Hall–Kier alpha value is -1.35. The topological polar surface area (TPSA) is 41.1 Å². The molecule has 1 amide bonds. The number of hydrogen-bond acceptors (Lipinski definition) is 2. The second kappa shape index (κ2) is 6.71.